The Morgan fingerprint density at radius 1 is 1.35 bits per heavy atom. The lowest BCUT2D eigenvalue weighted by Gasteiger charge is -2.10. The van der Waals surface area contributed by atoms with Crippen LogP contribution >= 0.6 is 22.9 Å². The SMILES string of the molecule is Cc1nc(Cl)sc1S(=O)(=O)Nc1cccc(C(C)C)c1. The molecule has 1 aromatic heterocycles. The normalized spacial score (nSPS) is 11.8. The predicted molar refractivity (Wildman–Crippen MR) is 83.2 cm³/mol. The van der Waals surface area contributed by atoms with E-state index < -0.39 is 10.0 Å². The Hall–Kier alpha value is -1.11. The fourth-order valence-electron chi connectivity index (χ4n) is 1.76. The van der Waals surface area contributed by atoms with Crippen molar-refractivity contribution in [3.8, 4) is 0 Å². The monoisotopic (exact) mass is 330 g/mol. The van der Waals surface area contributed by atoms with Gasteiger partial charge in [0.15, 0.2) is 8.68 Å². The van der Waals surface area contributed by atoms with Crippen LogP contribution in [0.5, 0.6) is 0 Å². The Bertz CT molecular complexity index is 724. The summed E-state index contributed by atoms with van der Waals surface area (Å²) in [4.78, 5) is 3.93. The van der Waals surface area contributed by atoms with Crippen molar-refractivity contribution >= 4 is 38.6 Å². The highest BCUT2D eigenvalue weighted by molar-refractivity contribution is 7.94. The number of nitrogens with one attached hydrogen (secondary N) is 1. The summed E-state index contributed by atoms with van der Waals surface area (Å²) in [5, 5.41) is 0. The van der Waals surface area contributed by atoms with Crippen LogP contribution in [0.25, 0.3) is 0 Å². The van der Waals surface area contributed by atoms with E-state index in [1.165, 1.54) is 0 Å². The van der Waals surface area contributed by atoms with E-state index in [-0.39, 0.29) is 8.68 Å². The van der Waals surface area contributed by atoms with Gasteiger partial charge < -0.3 is 0 Å². The molecule has 1 N–H and O–H groups in total. The first kappa shape index (κ1) is 15.3. The first-order chi connectivity index (χ1) is 9.29. The van der Waals surface area contributed by atoms with Crippen molar-refractivity contribution in [1.29, 1.82) is 0 Å². The minimum absolute atomic E-state index is 0.150. The summed E-state index contributed by atoms with van der Waals surface area (Å²) in [6.07, 6.45) is 0. The average molecular weight is 331 g/mol. The maximum atomic E-state index is 12.3. The van der Waals surface area contributed by atoms with Crippen LogP contribution in [0.4, 0.5) is 5.69 Å². The molecule has 1 heterocycles. The molecule has 0 bridgehead atoms. The summed E-state index contributed by atoms with van der Waals surface area (Å²) >= 11 is 6.71. The molecule has 0 aliphatic heterocycles. The smallest absolute Gasteiger partial charge is 0.273 e. The lowest BCUT2D eigenvalue weighted by molar-refractivity contribution is 0.602. The van der Waals surface area contributed by atoms with Gasteiger partial charge in [0.05, 0.1) is 5.69 Å². The number of rotatable bonds is 4. The van der Waals surface area contributed by atoms with Gasteiger partial charge >= 0.3 is 0 Å². The Kier molecular flexibility index (Phi) is 4.36. The molecule has 0 atom stereocenters. The number of hydrogen-bond donors (Lipinski definition) is 1. The van der Waals surface area contributed by atoms with Gasteiger partial charge in [0.1, 0.15) is 0 Å². The summed E-state index contributed by atoms with van der Waals surface area (Å²) < 4.78 is 27.6. The van der Waals surface area contributed by atoms with Crippen LogP contribution < -0.4 is 4.72 Å². The topological polar surface area (TPSA) is 59.1 Å². The zero-order valence-electron chi connectivity index (χ0n) is 11.3. The second-order valence-electron chi connectivity index (χ2n) is 4.73. The van der Waals surface area contributed by atoms with Crippen LogP contribution in [0.1, 0.15) is 31.0 Å². The van der Waals surface area contributed by atoms with Gasteiger partial charge in [0.2, 0.25) is 0 Å². The quantitative estimate of drug-likeness (QED) is 0.920. The summed E-state index contributed by atoms with van der Waals surface area (Å²) in [6, 6.07) is 7.36. The van der Waals surface area contributed by atoms with Crippen molar-refractivity contribution in [2.45, 2.75) is 30.9 Å². The van der Waals surface area contributed by atoms with Gasteiger partial charge in [-0.05, 0) is 30.5 Å². The molecule has 2 aromatic rings. The Balaban J connectivity index is 2.33. The molecule has 0 aliphatic carbocycles. The number of aryl methyl sites for hydroxylation is 1. The zero-order valence-corrected chi connectivity index (χ0v) is 13.7. The maximum absolute atomic E-state index is 12.3. The van der Waals surface area contributed by atoms with E-state index in [2.05, 4.69) is 23.6 Å². The number of benzene rings is 1. The summed E-state index contributed by atoms with van der Waals surface area (Å²) in [7, 11) is -3.64. The number of hydrogen-bond acceptors (Lipinski definition) is 4. The Labute approximate surface area is 127 Å². The first-order valence-corrected chi connectivity index (χ1v) is 8.73. The van der Waals surface area contributed by atoms with E-state index in [0.29, 0.717) is 17.3 Å². The van der Waals surface area contributed by atoms with Crippen molar-refractivity contribution in [3.05, 3.63) is 40.0 Å². The standard InChI is InChI=1S/C13H15ClN2O2S2/c1-8(2)10-5-4-6-11(7-10)16-20(17,18)12-9(3)15-13(14)19-12/h4-8,16H,1-3H3. The van der Waals surface area contributed by atoms with E-state index >= 15 is 0 Å². The summed E-state index contributed by atoms with van der Waals surface area (Å²) in [6.45, 7) is 5.74. The van der Waals surface area contributed by atoms with Gasteiger partial charge in [-0.2, -0.15) is 0 Å². The van der Waals surface area contributed by atoms with E-state index in [9.17, 15) is 8.42 Å². The average Bonchev–Trinajstić information content (AvgIpc) is 2.69. The molecule has 0 amide bonds. The largest absolute Gasteiger partial charge is 0.279 e. The van der Waals surface area contributed by atoms with Crippen LogP contribution in [0, 0.1) is 6.92 Å². The molecule has 20 heavy (non-hydrogen) atoms. The van der Waals surface area contributed by atoms with E-state index in [1.54, 1.807) is 13.0 Å². The van der Waals surface area contributed by atoms with Gasteiger partial charge in [-0.25, -0.2) is 13.4 Å². The first-order valence-electron chi connectivity index (χ1n) is 6.05. The summed E-state index contributed by atoms with van der Waals surface area (Å²) in [5.41, 5.74) is 2.02. The van der Waals surface area contributed by atoms with Gasteiger partial charge in [-0.3, -0.25) is 4.72 Å². The molecule has 7 heteroatoms. The van der Waals surface area contributed by atoms with Gasteiger partial charge in [0, 0.05) is 5.69 Å². The van der Waals surface area contributed by atoms with Crippen molar-refractivity contribution in [1.82, 2.24) is 4.98 Å². The lowest BCUT2D eigenvalue weighted by Crippen LogP contribution is -2.12. The molecule has 0 spiro atoms. The number of anilines is 1. The molecule has 0 aliphatic rings. The molecule has 0 radical (unpaired) electrons. The minimum Gasteiger partial charge on any atom is -0.279 e. The van der Waals surface area contributed by atoms with Crippen molar-refractivity contribution in [2.24, 2.45) is 0 Å². The van der Waals surface area contributed by atoms with Crippen molar-refractivity contribution in [2.75, 3.05) is 4.72 Å². The number of halogens is 1. The molecule has 0 unspecified atom stereocenters. The fraction of sp³-hybridized carbons (Fsp3) is 0.308. The lowest BCUT2D eigenvalue weighted by atomic mass is 10.0. The molecule has 0 fully saturated rings. The zero-order chi connectivity index (χ0) is 14.9. The second kappa shape index (κ2) is 5.71. The van der Waals surface area contributed by atoms with Gasteiger partial charge in [0.25, 0.3) is 10.0 Å². The van der Waals surface area contributed by atoms with Crippen LogP contribution in [-0.4, -0.2) is 13.4 Å². The van der Waals surface area contributed by atoms with Crippen molar-refractivity contribution < 1.29 is 8.42 Å². The van der Waals surface area contributed by atoms with E-state index in [4.69, 9.17) is 11.6 Å². The minimum atomic E-state index is -3.64. The van der Waals surface area contributed by atoms with Crippen LogP contribution in [0.3, 0.4) is 0 Å². The van der Waals surface area contributed by atoms with Gasteiger partial charge in [-0.1, -0.05) is 48.9 Å². The number of nitrogens with zero attached hydrogens (tertiary/aromatic N) is 1. The number of aromatic nitrogens is 1. The molecule has 0 saturated carbocycles. The van der Waals surface area contributed by atoms with Crippen LogP contribution in [-0.2, 0) is 10.0 Å². The highest BCUT2D eigenvalue weighted by atomic mass is 35.5. The highest BCUT2D eigenvalue weighted by Gasteiger charge is 2.21. The second-order valence-corrected chi connectivity index (χ2v) is 8.18. The molecule has 108 valence electrons. The van der Waals surface area contributed by atoms with Crippen LogP contribution in [0.2, 0.25) is 4.47 Å². The highest BCUT2D eigenvalue weighted by Crippen LogP contribution is 2.29. The third-order valence-electron chi connectivity index (χ3n) is 2.78. The molecular weight excluding hydrogens is 316 g/mol. The summed E-state index contributed by atoms with van der Waals surface area (Å²) in [5.74, 6) is 0.332. The molecule has 4 nitrogen and oxygen atoms in total. The van der Waals surface area contributed by atoms with E-state index in [0.717, 1.165) is 16.9 Å². The Morgan fingerprint density at radius 2 is 2.05 bits per heavy atom. The predicted octanol–water partition coefficient (Wildman–Crippen LogP) is 4.03. The molecule has 0 saturated heterocycles. The third-order valence-corrected chi connectivity index (χ3v) is 6.03. The third kappa shape index (κ3) is 3.31. The maximum Gasteiger partial charge on any atom is 0.273 e. The van der Waals surface area contributed by atoms with Crippen molar-refractivity contribution in [3.63, 3.8) is 0 Å². The molecule has 2 rings (SSSR count). The number of thiazole rings is 1. The van der Waals surface area contributed by atoms with Crippen LogP contribution in [0.15, 0.2) is 28.5 Å². The van der Waals surface area contributed by atoms with Gasteiger partial charge in [-0.15, -0.1) is 0 Å². The molecule has 1 aromatic carbocycles. The van der Waals surface area contributed by atoms with E-state index in [1.807, 2.05) is 18.2 Å². The number of sulfonamides is 1. The Morgan fingerprint density at radius 3 is 2.60 bits per heavy atom. The molecular formula is C13H15ClN2O2S2. The fourth-order valence-corrected chi connectivity index (χ4v) is 4.55.